The van der Waals surface area contributed by atoms with E-state index < -0.39 is 18.0 Å². The molecule has 1 aliphatic rings. The normalized spacial score (nSPS) is 16.5. The van der Waals surface area contributed by atoms with Gasteiger partial charge in [0.05, 0.1) is 24.5 Å². The fourth-order valence-corrected chi connectivity index (χ4v) is 2.99. The number of aryl methyl sites for hydroxylation is 1. The molecular formula is C19H22FN3O4. The summed E-state index contributed by atoms with van der Waals surface area (Å²) in [7, 11) is 0. The van der Waals surface area contributed by atoms with Crippen molar-refractivity contribution in [2.45, 2.75) is 25.9 Å². The van der Waals surface area contributed by atoms with E-state index in [9.17, 15) is 14.0 Å². The smallest absolute Gasteiger partial charge is 0.414 e. The molecule has 1 aromatic carbocycles. The first-order chi connectivity index (χ1) is 13.0. The largest absolute Gasteiger partial charge is 0.442 e. The molecule has 0 aliphatic carbocycles. The predicted molar refractivity (Wildman–Crippen MR) is 97.4 cm³/mol. The van der Waals surface area contributed by atoms with Gasteiger partial charge in [0.25, 0.3) is 0 Å². The number of carbonyl (C=O) groups excluding carboxylic acids is 2. The van der Waals surface area contributed by atoms with Crippen LogP contribution in [0.2, 0.25) is 0 Å². The van der Waals surface area contributed by atoms with Crippen molar-refractivity contribution >= 4 is 17.7 Å². The van der Waals surface area contributed by atoms with Crippen LogP contribution in [-0.4, -0.2) is 47.5 Å². The summed E-state index contributed by atoms with van der Waals surface area (Å²) in [5.41, 5.74) is 1.78. The van der Waals surface area contributed by atoms with Gasteiger partial charge in [0.1, 0.15) is 11.9 Å². The molecule has 1 saturated heterocycles. The van der Waals surface area contributed by atoms with Crippen LogP contribution in [0.4, 0.5) is 14.9 Å². The van der Waals surface area contributed by atoms with E-state index in [0.29, 0.717) is 17.8 Å². The molecule has 7 nitrogen and oxygen atoms in total. The number of halogens is 1. The van der Waals surface area contributed by atoms with E-state index in [1.165, 1.54) is 17.9 Å². The molecule has 2 N–H and O–H groups in total. The molecule has 2 aromatic rings. The van der Waals surface area contributed by atoms with Crippen molar-refractivity contribution in [1.82, 2.24) is 9.88 Å². The zero-order chi connectivity index (χ0) is 19.4. The fraction of sp³-hybridized carbons (Fsp3) is 0.368. The highest BCUT2D eigenvalue weighted by Gasteiger charge is 2.32. The molecule has 8 heteroatoms. The molecule has 0 radical (unpaired) electrons. The number of hydrogen-bond acceptors (Lipinski definition) is 4. The molecule has 1 fully saturated rings. The topological polar surface area (TPSA) is 83.8 Å². The van der Waals surface area contributed by atoms with Crippen molar-refractivity contribution in [1.29, 1.82) is 0 Å². The van der Waals surface area contributed by atoms with Gasteiger partial charge in [-0.2, -0.15) is 0 Å². The number of anilines is 1. The van der Waals surface area contributed by atoms with Crippen molar-refractivity contribution in [3.8, 4) is 5.69 Å². The highest BCUT2D eigenvalue weighted by Crippen LogP contribution is 2.26. The number of nitrogens with one attached hydrogen (secondary N) is 1. The fourth-order valence-electron chi connectivity index (χ4n) is 2.99. The van der Waals surface area contributed by atoms with E-state index in [4.69, 9.17) is 9.84 Å². The minimum atomic E-state index is -0.565. The van der Waals surface area contributed by atoms with Crippen molar-refractivity contribution in [3.05, 3.63) is 48.0 Å². The molecule has 1 aromatic heterocycles. The second kappa shape index (κ2) is 8.22. The van der Waals surface area contributed by atoms with E-state index in [2.05, 4.69) is 5.32 Å². The summed E-state index contributed by atoms with van der Waals surface area (Å²) in [6.45, 7) is 1.97. The Hall–Kier alpha value is -2.87. The van der Waals surface area contributed by atoms with E-state index in [0.717, 1.165) is 12.0 Å². The zero-order valence-corrected chi connectivity index (χ0v) is 15.0. The van der Waals surface area contributed by atoms with Gasteiger partial charge in [0, 0.05) is 25.9 Å². The number of aliphatic hydroxyl groups excluding tert-OH is 1. The van der Waals surface area contributed by atoms with Crippen molar-refractivity contribution in [3.63, 3.8) is 0 Å². The van der Waals surface area contributed by atoms with E-state index in [1.54, 1.807) is 22.9 Å². The van der Waals surface area contributed by atoms with Gasteiger partial charge in [-0.3, -0.25) is 9.69 Å². The zero-order valence-electron chi connectivity index (χ0n) is 15.0. The van der Waals surface area contributed by atoms with E-state index in [1.807, 2.05) is 12.3 Å². The average molecular weight is 375 g/mol. The number of benzene rings is 1. The standard InChI is InChI=1S/C19H22FN3O4/c1-13(25)21-10-16-12-23(19(26)27-16)15-4-5-18(17(20)9-15)22-7-6-14(11-22)3-2-8-24/h4-7,9,11,16,24H,2-3,8,10,12H2,1H3,(H,21,25). The van der Waals surface area contributed by atoms with Gasteiger partial charge in [0.2, 0.25) is 5.91 Å². The molecule has 0 spiro atoms. The lowest BCUT2D eigenvalue weighted by atomic mass is 10.2. The number of carbonyl (C=O) groups is 2. The van der Waals surface area contributed by atoms with E-state index in [-0.39, 0.29) is 25.6 Å². The lowest BCUT2D eigenvalue weighted by molar-refractivity contribution is -0.119. The SMILES string of the molecule is CC(=O)NCC1CN(c2ccc(-n3ccc(CCCO)c3)c(F)c2)C(=O)O1. The Labute approximate surface area is 156 Å². The molecular weight excluding hydrogens is 353 g/mol. The number of cyclic esters (lactones) is 1. The maximum atomic E-state index is 14.6. The predicted octanol–water partition coefficient (Wildman–Crippen LogP) is 2.00. The molecule has 1 unspecified atom stereocenters. The summed E-state index contributed by atoms with van der Waals surface area (Å²) >= 11 is 0. The van der Waals surface area contributed by atoms with Gasteiger partial charge in [-0.05, 0) is 42.7 Å². The summed E-state index contributed by atoms with van der Waals surface area (Å²) in [6, 6.07) is 6.45. The summed E-state index contributed by atoms with van der Waals surface area (Å²) in [4.78, 5) is 24.4. The number of amides is 2. The highest BCUT2D eigenvalue weighted by molar-refractivity contribution is 5.90. The Kier molecular flexibility index (Phi) is 5.75. The second-order valence-electron chi connectivity index (χ2n) is 6.44. The molecule has 27 heavy (non-hydrogen) atoms. The number of rotatable bonds is 7. The van der Waals surface area contributed by atoms with Gasteiger partial charge in [-0.1, -0.05) is 0 Å². The molecule has 144 valence electrons. The summed E-state index contributed by atoms with van der Waals surface area (Å²) in [5, 5.41) is 11.5. The van der Waals surface area contributed by atoms with Gasteiger partial charge in [-0.15, -0.1) is 0 Å². The third kappa shape index (κ3) is 4.46. The Morgan fingerprint density at radius 3 is 2.93 bits per heavy atom. The number of aromatic nitrogens is 1. The van der Waals surface area contributed by atoms with Gasteiger partial charge in [-0.25, -0.2) is 9.18 Å². The molecule has 2 heterocycles. The Balaban J connectivity index is 1.72. The maximum absolute atomic E-state index is 14.6. The number of aliphatic hydroxyl groups is 1. The lowest BCUT2D eigenvalue weighted by Gasteiger charge is -2.15. The lowest BCUT2D eigenvalue weighted by Crippen LogP contribution is -2.33. The van der Waals surface area contributed by atoms with Crippen LogP contribution < -0.4 is 10.2 Å². The first-order valence-corrected chi connectivity index (χ1v) is 8.78. The van der Waals surface area contributed by atoms with Crippen molar-refractivity contribution in [2.75, 3.05) is 24.6 Å². The van der Waals surface area contributed by atoms with Crippen LogP contribution >= 0.6 is 0 Å². The minimum Gasteiger partial charge on any atom is -0.442 e. The molecule has 1 atom stereocenters. The number of hydrogen-bond donors (Lipinski definition) is 2. The van der Waals surface area contributed by atoms with Gasteiger partial charge < -0.3 is 19.7 Å². The van der Waals surface area contributed by atoms with Crippen molar-refractivity contribution in [2.24, 2.45) is 0 Å². The first kappa shape index (κ1) is 18.9. The average Bonchev–Trinajstić information content (AvgIpc) is 3.24. The van der Waals surface area contributed by atoms with Crippen LogP contribution in [0, 0.1) is 5.82 Å². The highest BCUT2D eigenvalue weighted by atomic mass is 19.1. The Morgan fingerprint density at radius 2 is 2.22 bits per heavy atom. The summed E-state index contributed by atoms with van der Waals surface area (Å²) in [5.74, 6) is -0.667. The van der Waals surface area contributed by atoms with Gasteiger partial charge in [0.15, 0.2) is 0 Å². The van der Waals surface area contributed by atoms with Crippen LogP contribution in [0.1, 0.15) is 18.9 Å². The van der Waals surface area contributed by atoms with Crippen LogP contribution in [-0.2, 0) is 16.0 Å². The minimum absolute atomic E-state index is 0.114. The van der Waals surface area contributed by atoms with Crippen molar-refractivity contribution < 1.29 is 23.8 Å². The number of nitrogens with zero attached hydrogens (tertiary/aromatic N) is 2. The van der Waals surface area contributed by atoms with E-state index >= 15 is 0 Å². The second-order valence-corrected chi connectivity index (χ2v) is 6.44. The number of ether oxygens (including phenoxy) is 1. The van der Waals surface area contributed by atoms with Crippen LogP contribution in [0.15, 0.2) is 36.7 Å². The maximum Gasteiger partial charge on any atom is 0.414 e. The van der Waals surface area contributed by atoms with Crippen LogP contribution in [0.25, 0.3) is 5.69 Å². The third-order valence-electron chi connectivity index (χ3n) is 4.35. The molecule has 0 bridgehead atoms. The first-order valence-electron chi connectivity index (χ1n) is 8.78. The monoisotopic (exact) mass is 375 g/mol. The summed E-state index contributed by atoms with van der Waals surface area (Å²) in [6.07, 6.45) is 3.92. The Bertz CT molecular complexity index is 836. The summed E-state index contributed by atoms with van der Waals surface area (Å²) < 4.78 is 21.5. The quantitative estimate of drug-likeness (QED) is 0.775. The van der Waals surface area contributed by atoms with Gasteiger partial charge >= 0.3 is 6.09 Å². The van der Waals surface area contributed by atoms with Crippen LogP contribution in [0.3, 0.4) is 0 Å². The molecule has 3 rings (SSSR count). The van der Waals surface area contributed by atoms with Crippen LogP contribution in [0.5, 0.6) is 0 Å². The third-order valence-corrected chi connectivity index (χ3v) is 4.35. The molecule has 2 amide bonds. The Morgan fingerprint density at radius 1 is 1.41 bits per heavy atom. The molecule has 0 saturated carbocycles. The molecule has 1 aliphatic heterocycles.